The molecule has 7 heteroatoms. The van der Waals surface area contributed by atoms with Crippen molar-refractivity contribution >= 4 is 23.2 Å². The Hall–Kier alpha value is -3.61. The van der Waals surface area contributed by atoms with Crippen molar-refractivity contribution < 1.29 is 9.53 Å². The van der Waals surface area contributed by atoms with E-state index in [2.05, 4.69) is 20.6 Å². The molecule has 0 bridgehead atoms. The molecule has 3 rings (SSSR count). The first-order valence-corrected chi connectivity index (χ1v) is 7.94. The normalized spacial score (nSPS) is 10.2. The molecule has 0 saturated carbocycles. The second-order valence-electron chi connectivity index (χ2n) is 5.59. The summed E-state index contributed by atoms with van der Waals surface area (Å²) in [6.07, 6.45) is 0. The van der Waals surface area contributed by atoms with E-state index in [9.17, 15) is 9.59 Å². The third kappa shape index (κ3) is 4.27. The van der Waals surface area contributed by atoms with Crippen LogP contribution in [0.1, 0.15) is 6.92 Å². The minimum atomic E-state index is -0.272. The molecule has 1 amide bonds. The van der Waals surface area contributed by atoms with E-state index in [1.807, 2.05) is 30.3 Å². The smallest absolute Gasteiger partial charge is 0.252 e. The molecule has 7 nitrogen and oxygen atoms in total. The molecular formula is C19H18N4O3. The predicted octanol–water partition coefficient (Wildman–Crippen LogP) is 3.15. The van der Waals surface area contributed by atoms with Gasteiger partial charge in [0.2, 0.25) is 11.9 Å². The molecule has 0 radical (unpaired) electrons. The number of anilines is 3. The van der Waals surface area contributed by atoms with Crippen molar-refractivity contribution in [1.82, 2.24) is 9.97 Å². The van der Waals surface area contributed by atoms with Crippen molar-refractivity contribution in [2.24, 2.45) is 0 Å². The second-order valence-corrected chi connectivity index (χ2v) is 5.59. The number of aromatic amines is 1. The number of carbonyl (C=O) groups excluding carboxylic acids is 1. The van der Waals surface area contributed by atoms with Crippen molar-refractivity contribution in [2.45, 2.75) is 6.92 Å². The maximum absolute atomic E-state index is 12.0. The maximum Gasteiger partial charge on any atom is 0.252 e. The van der Waals surface area contributed by atoms with Gasteiger partial charge >= 0.3 is 0 Å². The zero-order valence-corrected chi connectivity index (χ0v) is 14.4. The van der Waals surface area contributed by atoms with Crippen molar-refractivity contribution in [2.75, 3.05) is 17.7 Å². The molecule has 2 aromatic carbocycles. The summed E-state index contributed by atoms with van der Waals surface area (Å²) in [5.41, 5.74) is 2.40. The molecule has 0 atom stereocenters. The summed E-state index contributed by atoms with van der Waals surface area (Å²) in [6.45, 7) is 1.44. The molecule has 3 aromatic rings. The summed E-state index contributed by atoms with van der Waals surface area (Å²) in [5.74, 6) is 0.880. The van der Waals surface area contributed by atoms with Crippen molar-refractivity contribution in [3.63, 3.8) is 0 Å². The lowest BCUT2D eigenvalue weighted by Crippen LogP contribution is -2.11. The molecule has 0 spiro atoms. The fourth-order valence-electron chi connectivity index (χ4n) is 2.44. The van der Waals surface area contributed by atoms with Gasteiger partial charge in [-0.3, -0.25) is 14.6 Å². The van der Waals surface area contributed by atoms with Gasteiger partial charge in [-0.05, 0) is 42.5 Å². The number of rotatable bonds is 5. The van der Waals surface area contributed by atoms with Crippen LogP contribution >= 0.6 is 0 Å². The lowest BCUT2D eigenvalue weighted by molar-refractivity contribution is -0.114. The molecule has 0 fully saturated rings. The van der Waals surface area contributed by atoms with Crippen LogP contribution in [0, 0.1) is 0 Å². The van der Waals surface area contributed by atoms with Gasteiger partial charge in [0.1, 0.15) is 5.75 Å². The Bertz CT molecular complexity index is 981. The molecule has 0 unspecified atom stereocenters. The number of nitrogens with one attached hydrogen (secondary N) is 3. The molecule has 26 heavy (non-hydrogen) atoms. The van der Waals surface area contributed by atoms with Gasteiger partial charge in [-0.1, -0.05) is 6.07 Å². The zero-order valence-electron chi connectivity index (χ0n) is 14.4. The van der Waals surface area contributed by atoms with Crippen LogP contribution in [-0.4, -0.2) is 23.0 Å². The van der Waals surface area contributed by atoms with Gasteiger partial charge < -0.3 is 15.4 Å². The molecule has 1 aromatic heterocycles. The summed E-state index contributed by atoms with van der Waals surface area (Å²) in [7, 11) is 1.59. The lowest BCUT2D eigenvalue weighted by atomic mass is 10.1. The zero-order chi connectivity index (χ0) is 18.5. The summed E-state index contributed by atoms with van der Waals surface area (Å²) >= 11 is 0. The Morgan fingerprint density at radius 2 is 1.81 bits per heavy atom. The van der Waals surface area contributed by atoms with E-state index in [0.717, 1.165) is 11.3 Å². The highest BCUT2D eigenvalue weighted by Gasteiger charge is 2.06. The lowest BCUT2D eigenvalue weighted by Gasteiger charge is -2.09. The largest absolute Gasteiger partial charge is 0.497 e. The number of hydrogen-bond donors (Lipinski definition) is 3. The Kier molecular flexibility index (Phi) is 4.98. The fraction of sp³-hybridized carbons (Fsp3) is 0.105. The van der Waals surface area contributed by atoms with Gasteiger partial charge in [0.05, 0.1) is 12.8 Å². The third-order valence-electron chi connectivity index (χ3n) is 3.57. The number of hydrogen-bond acceptors (Lipinski definition) is 5. The van der Waals surface area contributed by atoms with E-state index < -0.39 is 0 Å². The van der Waals surface area contributed by atoms with Crippen LogP contribution in [-0.2, 0) is 4.79 Å². The summed E-state index contributed by atoms with van der Waals surface area (Å²) < 4.78 is 5.14. The van der Waals surface area contributed by atoms with Crippen LogP contribution < -0.4 is 20.9 Å². The van der Waals surface area contributed by atoms with Crippen LogP contribution in [0.15, 0.2) is 59.4 Å². The fourth-order valence-corrected chi connectivity index (χ4v) is 2.44. The van der Waals surface area contributed by atoms with E-state index in [1.165, 1.54) is 13.0 Å². The Morgan fingerprint density at radius 3 is 2.50 bits per heavy atom. The number of benzene rings is 2. The van der Waals surface area contributed by atoms with Crippen LogP contribution in [0.25, 0.3) is 11.3 Å². The first kappa shape index (κ1) is 17.2. The van der Waals surface area contributed by atoms with Gasteiger partial charge in [0.25, 0.3) is 5.56 Å². The average molecular weight is 350 g/mol. The number of methoxy groups -OCH3 is 1. The van der Waals surface area contributed by atoms with Crippen LogP contribution in [0.5, 0.6) is 5.75 Å². The summed E-state index contributed by atoms with van der Waals surface area (Å²) in [4.78, 5) is 30.3. The van der Waals surface area contributed by atoms with Gasteiger partial charge in [-0.2, -0.15) is 0 Å². The highest BCUT2D eigenvalue weighted by Crippen LogP contribution is 2.22. The topological polar surface area (TPSA) is 96.1 Å². The van der Waals surface area contributed by atoms with Crippen LogP contribution in [0.2, 0.25) is 0 Å². The Balaban J connectivity index is 1.88. The average Bonchev–Trinajstić information content (AvgIpc) is 2.61. The van der Waals surface area contributed by atoms with Gasteiger partial charge in [-0.25, -0.2) is 4.98 Å². The van der Waals surface area contributed by atoms with E-state index in [1.54, 1.807) is 25.3 Å². The summed E-state index contributed by atoms with van der Waals surface area (Å²) in [5, 5.41) is 5.76. The number of ether oxygens (including phenoxy) is 1. The van der Waals surface area contributed by atoms with Gasteiger partial charge in [0.15, 0.2) is 0 Å². The number of aromatic nitrogens is 2. The number of carbonyl (C=O) groups is 1. The van der Waals surface area contributed by atoms with Crippen molar-refractivity contribution in [1.29, 1.82) is 0 Å². The molecule has 132 valence electrons. The van der Waals surface area contributed by atoms with E-state index in [-0.39, 0.29) is 11.5 Å². The molecular weight excluding hydrogens is 332 g/mol. The van der Waals surface area contributed by atoms with E-state index in [0.29, 0.717) is 23.0 Å². The Labute approximate surface area is 150 Å². The maximum atomic E-state index is 12.0. The molecule has 0 saturated heterocycles. The highest BCUT2D eigenvalue weighted by molar-refractivity contribution is 5.89. The number of amides is 1. The van der Waals surface area contributed by atoms with Crippen molar-refractivity contribution in [3.8, 4) is 17.0 Å². The minimum Gasteiger partial charge on any atom is -0.497 e. The minimum absolute atomic E-state index is 0.157. The third-order valence-corrected chi connectivity index (χ3v) is 3.57. The molecule has 3 N–H and O–H groups in total. The number of nitrogens with zero attached hydrogens (tertiary/aromatic N) is 1. The Morgan fingerprint density at radius 1 is 1.08 bits per heavy atom. The SMILES string of the molecule is COc1ccc(-c2cc(=O)[nH]c(Nc3cccc(NC(C)=O)c3)n2)cc1. The molecule has 0 aliphatic heterocycles. The van der Waals surface area contributed by atoms with E-state index >= 15 is 0 Å². The monoisotopic (exact) mass is 350 g/mol. The highest BCUT2D eigenvalue weighted by atomic mass is 16.5. The molecule has 0 aliphatic carbocycles. The van der Waals surface area contributed by atoms with Crippen LogP contribution in [0.4, 0.5) is 17.3 Å². The van der Waals surface area contributed by atoms with Crippen LogP contribution in [0.3, 0.4) is 0 Å². The van der Waals surface area contributed by atoms with Crippen molar-refractivity contribution in [3.05, 3.63) is 65.0 Å². The van der Waals surface area contributed by atoms with Gasteiger partial charge in [0, 0.05) is 29.9 Å². The predicted molar refractivity (Wildman–Crippen MR) is 101 cm³/mol. The quantitative estimate of drug-likeness (QED) is 0.657. The first-order chi connectivity index (χ1) is 12.5. The summed E-state index contributed by atoms with van der Waals surface area (Å²) in [6, 6.07) is 15.8. The molecule has 1 heterocycles. The van der Waals surface area contributed by atoms with Gasteiger partial charge in [-0.15, -0.1) is 0 Å². The van der Waals surface area contributed by atoms with E-state index in [4.69, 9.17) is 4.74 Å². The second kappa shape index (κ2) is 7.52. The standard InChI is InChI=1S/C19H18N4O3/c1-12(24)20-14-4-3-5-15(10-14)21-19-22-17(11-18(25)23-19)13-6-8-16(26-2)9-7-13/h3-11H,1-2H3,(H,20,24)(H2,21,22,23,25). The first-order valence-electron chi connectivity index (χ1n) is 7.94. The molecule has 0 aliphatic rings. The number of H-pyrrole nitrogens is 1.